The van der Waals surface area contributed by atoms with Crippen LogP contribution in [0, 0.1) is 0 Å². The van der Waals surface area contributed by atoms with E-state index in [-0.39, 0.29) is 4.75 Å². The Bertz CT molecular complexity index is 356. The summed E-state index contributed by atoms with van der Waals surface area (Å²) >= 11 is 4.99. The van der Waals surface area contributed by atoms with Gasteiger partial charge in [0.05, 0.1) is 0 Å². The lowest BCUT2D eigenvalue weighted by Gasteiger charge is -2.35. The van der Waals surface area contributed by atoms with Gasteiger partial charge in [0, 0.05) is 4.75 Å². The Morgan fingerprint density at radius 2 is 1.94 bits per heavy atom. The first-order valence-electron chi connectivity index (χ1n) is 6.78. The molecule has 1 heterocycles. The van der Waals surface area contributed by atoms with Gasteiger partial charge in [-0.3, -0.25) is 0 Å². The maximum absolute atomic E-state index is 4.99. The molecule has 1 N–H and O–H groups in total. The maximum atomic E-state index is 4.99. The van der Waals surface area contributed by atoms with Crippen LogP contribution in [0.4, 0.5) is 0 Å². The molecule has 0 aromatic heterocycles. The molecule has 2 rings (SSSR count). The van der Waals surface area contributed by atoms with Crippen molar-refractivity contribution in [3.63, 3.8) is 0 Å². The first kappa shape index (κ1) is 13.0. The monoisotopic (exact) mass is 249 g/mol. The van der Waals surface area contributed by atoms with E-state index >= 15 is 0 Å². The minimum atomic E-state index is 0.0928. The summed E-state index contributed by atoms with van der Waals surface area (Å²) in [6, 6.07) is 8.88. The highest BCUT2D eigenvalue weighted by Crippen LogP contribution is 2.39. The van der Waals surface area contributed by atoms with Crippen LogP contribution < -0.4 is 5.32 Å². The topological polar surface area (TPSA) is 12.0 Å². The number of rotatable bonds is 4. The summed E-state index contributed by atoms with van der Waals surface area (Å²) in [5.41, 5.74) is 2.98. The molecule has 0 radical (unpaired) electrons. The van der Waals surface area contributed by atoms with E-state index in [1.807, 2.05) is 0 Å². The Labute approximate surface area is 110 Å². The summed E-state index contributed by atoms with van der Waals surface area (Å²) in [4.78, 5) is 0. The second kappa shape index (κ2) is 5.92. The molecule has 17 heavy (non-hydrogen) atoms. The number of thiol groups is 1. The third kappa shape index (κ3) is 3.05. The van der Waals surface area contributed by atoms with Gasteiger partial charge < -0.3 is 5.32 Å². The minimum absolute atomic E-state index is 0.0928. The Morgan fingerprint density at radius 1 is 1.24 bits per heavy atom. The maximum Gasteiger partial charge on any atom is 0.0405 e. The molecular formula is C15H23NS. The van der Waals surface area contributed by atoms with Crippen LogP contribution >= 0.6 is 12.6 Å². The lowest BCUT2D eigenvalue weighted by molar-refractivity contribution is 0.424. The smallest absolute Gasteiger partial charge is 0.0405 e. The van der Waals surface area contributed by atoms with E-state index in [0.29, 0.717) is 0 Å². The van der Waals surface area contributed by atoms with Crippen LogP contribution in [-0.2, 0) is 11.2 Å². The Hall–Kier alpha value is -0.470. The Kier molecular flexibility index (Phi) is 4.52. The largest absolute Gasteiger partial charge is 0.317 e. The molecule has 1 saturated heterocycles. The highest BCUT2D eigenvalue weighted by Gasteiger charge is 2.31. The predicted molar refractivity (Wildman–Crippen MR) is 77.8 cm³/mol. The van der Waals surface area contributed by atoms with Gasteiger partial charge in [-0.2, -0.15) is 12.6 Å². The second-order valence-electron chi connectivity index (χ2n) is 5.04. The fraction of sp³-hybridized carbons (Fsp3) is 0.600. The van der Waals surface area contributed by atoms with E-state index in [2.05, 4.69) is 36.5 Å². The Morgan fingerprint density at radius 3 is 2.65 bits per heavy atom. The van der Waals surface area contributed by atoms with E-state index in [1.54, 1.807) is 0 Å². The van der Waals surface area contributed by atoms with Crippen molar-refractivity contribution in [2.45, 2.75) is 43.8 Å². The molecule has 0 aliphatic carbocycles. The summed E-state index contributed by atoms with van der Waals surface area (Å²) in [5, 5.41) is 3.42. The summed E-state index contributed by atoms with van der Waals surface area (Å²) in [7, 11) is 0. The van der Waals surface area contributed by atoms with Crippen molar-refractivity contribution in [1.29, 1.82) is 0 Å². The van der Waals surface area contributed by atoms with E-state index in [1.165, 1.54) is 30.4 Å². The van der Waals surface area contributed by atoms with E-state index in [0.717, 1.165) is 25.9 Å². The van der Waals surface area contributed by atoms with Crippen LogP contribution in [-0.4, -0.2) is 13.1 Å². The zero-order valence-electron chi connectivity index (χ0n) is 10.7. The molecule has 0 unspecified atom stereocenters. The molecule has 0 amide bonds. The van der Waals surface area contributed by atoms with Crippen molar-refractivity contribution in [2.24, 2.45) is 0 Å². The van der Waals surface area contributed by atoms with Gasteiger partial charge >= 0.3 is 0 Å². The molecule has 1 aromatic rings. The van der Waals surface area contributed by atoms with Gasteiger partial charge in [-0.15, -0.1) is 0 Å². The second-order valence-corrected chi connectivity index (χ2v) is 5.90. The molecular weight excluding hydrogens is 226 g/mol. The number of hydrogen-bond donors (Lipinski definition) is 2. The molecule has 1 aliphatic heterocycles. The van der Waals surface area contributed by atoms with Gasteiger partial charge in [0.2, 0.25) is 0 Å². The van der Waals surface area contributed by atoms with Crippen LogP contribution in [0.3, 0.4) is 0 Å². The van der Waals surface area contributed by atoms with Crippen molar-refractivity contribution >= 4 is 12.6 Å². The van der Waals surface area contributed by atoms with Gasteiger partial charge in [0.25, 0.3) is 0 Å². The van der Waals surface area contributed by atoms with Crippen LogP contribution in [0.5, 0.6) is 0 Å². The van der Waals surface area contributed by atoms with Crippen LogP contribution in [0.2, 0.25) is 0 Å². The number of piperidine rings is 1. The number of benzene rings is 1. The first-order valence-corrected chi connectivity index (χ1v) is 7.22. The molecule has 1 aliphatic rings. The first-order chi connectivity index (χ1) is 8.26. The van der Waals surface area contributed by atoms with Gasteiger partial charge in [-0.05, 0) is 49.9 Å². The summed E-state index contributed by atoms with van der Waals surface area (Å²) < 4.78 is 0.0928. The quantitative estimate of drug-likeness (QED) is 0.778. The standard InChI is InChI=1S/C15H23NS/c1-2-3-6-13-7-4-5-8-14(13)15(17)9-11-16-12-10-15/h4-5,7-8,16-17H,2-3,6,9-12H2,1H3. The lowest BCUT2D eigenvalue weighted by Crippen LogP contribution is -2.36. The molecule has 0 atom stereocenters. The van der Waals surface area contributed by atoms with Crippen LogP contribution in [0.1, 0.15) is 43.7 Å². The fourth-order valence-corrected chi connectivity index (χ4v) is 3.11. The number of hydrogen-bond acceptors (Lipinski definition) is 2. The number of aryl methyl sites for hydroxylation is 1. The molecule has 94 valence electrons. The average Bonchev–Trinajstić information content (AvgIpc) is 2.37. The molecule has 1 nitrogen and oxygen atoms in total. The zero-order valence-corrected chi connectivity index (χ0v) is 11.6. The highest BCUT2D eigenvalue weighted by molar-refractivity contribution is 7.81. The third-order valence-electron chi connectivity index (χ3n) is 3.75. The van der Waals surface area contributed by atoms with Crippen molar-refractivity contribution in [1.82, 2.24) is 5.32 Å². The minimum Gasteiger partial charge on any atom is -0.317 e. The molecule has 0 saturated carbocycles. The summed E-state index contributed by atoms with van der Waals surface area (Å²) in [6.07, 6.45) is 6.01. The number of nitrogens with one attached hydrogen (secondary N) is 1. The van der Waals surface area contributed by atoms with Gasteiger partial charge in [-0.25, -0.2) is 0 Å². The van der Waals surface area contributed by atoms with Crippen molar-refractivity contribution < 1.29 is 0 Å². The molecule has 1 fully saturated rings. The average molecular weight is 249 g/mol. The third-order valence-corrected chi connectivity index (χ3v) is 4.44. The normalized spacial score (nSPS) is 19.2. The van der Waals surface area contributed by atoms with Crippen molar-refractivity contribution in [2.75, 3.05) is 13.1 Å². The van der Waals surface area contributed by atoms with Crippen molar-refractivity contribution in [3.05, 3.63) is 35.4 Å². The predicted octanol–water partition coefficient (Wildman–Crippen LogP) is 3.54. The molecule has 0 spiro atoms. The lowest BCUT2D eigenvalue weighted by atomic mass is 9.85. The summed E-state index contributed by atoms with van der Waals surface area (Å²) in [6.45, 7) is 4.43. The van der Waals surface area contributed by atoms with E-state index in [4.69, 9.17) is 12.6 Å². The SMILES string of the molecule is CCCCc1ccccc1C1(S)CCNCC1. The number of unbranched alkanes of at least 4 members (excludes halogenated alkanes) is 1. The van der Waals surface area contributed by atoms with Gasteiger partial charge in [-0.1, -0.05) is 37.6 Å². The van der Waals surface area contributed by atoms with Crippen LogP contribution in [0.25, 0.3) is 0 Å². The van der Waals surface area contributed by atoms with Gasteiger partial charge in [0.15, 0.2) is 0 Å². The van der Waals surface area contributed by atoms with E-state index in [9.17, 15) is 0 Å². The molecule has 1 aromatic carbocycles. The van der Waals surface area contributed by atoms with Crippen LogP contribution in [0.15, 0.2) is 24.3 Å². The zero-order chi connectivity index (χ0) is 12.1. The van der Waals surface area contributed by atoms with Gasteiger partial charge in [0.1, 0.15) is 0 Å². The molecule has 2 heteroatoms. The van der Waals surface area contributed by atoms with Crippen molar-refractivity contribution in [3.8, 4) is 0 Å². The summed E-state index contributed by atoms with van der Waals surface area (Å²) in [5.74, 6) is 0. The molecule has 0 bridgehead atoms. The Balaban J connectivity index is 2.23. The fourth-order valence-electron chi connectivity index (χ4n) is 2.67. The highest BCUT2D eigenvalue weighted by atomic mass is 32.1. The van der Waals surface area contributed by atoms with E-state index < -0.39 is 0 Å².